The van der Waals surface area contributed by atoms with Gasteiger partial charge in [0, 0.05) is 18.9 Å². The highest BCUT2D eigenvalue weighted by atomic mass is 16.6. The number of nitrogens with one attached hydrogen (secondary N) is 1. The van der Waals surface area contributed by atoms with Crippen LogP contribution in [0.4, 0.5) is 11.5 Å². The van der Waals surface area contributed by atoms with Gasteiger partial charge >= 0.3 is 11.5 Å². The van der Waals surface area contributed by atoms with E-state index in [9.17, 15) is 15.2 Å². The van der Waals surface area contributed by atoms with Gasteiger partial charge in [-0.15, -0.1) is 0 Å². The van der Waals surface area contributed by atoms with Crippen LogP contribution in [0, 0.1) is 10.1 Å². The minimum absolute atomic E-state index is 0.0823. The summed E-state index contributed by atoms with van der Waals surface area (Å²) in [7, 11) is 0. The fourth-order valence-corrected chi connectivity index (χ4v) is 1.91. The lowest BCUT2D eigenvalue weighted by atomic mass is 10.1. The van der Waals surface area contributed by atoms with Gasteiger partial charge in [0.1, 0.15) is 0 Å². The molecule has 1 aliphatic heterocycles. The van der Waals surface area contributed by atoms with E-state index in [1.165, 1.54) is 6.07 Å². The van der Waals surface area contributed by atoms with Crippen LogP contribution in [0.25, 0.3) is 0 Å². The normalized spacial score (nSPS) is 17.4. The van der Waals surface area contributed by atoms with Gasteiger partial charge in [0.05, 0.1) is 30.3 Å². The molecular weight excluding hydrogens is 210 g/mol. The smallest absolute Gasteiger partial charge is 0.357 e. The maximum Gasteiger partial charge on any atom is 0.357 e. The predicted octanol–water partition coefficient (Wildman–Crippen LogP) is 0.370. The molecule has 1 saturated heterocycles. The molecule has 0 bridgehead atoms. The molecule has 0 radical (unpaired) electrons. The minimum atomic E-state index is -0.392. The number of nitro groups is 1. The van der Waals surface area contributed by atoms with Crippen LogP contribution in [0.5, 0.6) is 0 Å². The minimum Gasteiger partial charge on any atom is -0.393 e. The van der Waals surface area contributed by atoms with Gasteiger partial charge in [-0.05, 0) is 6.07 Å². The Hall–Kier alpha value is -1.69. The zero-order valence-corrected chi connectivity index (χ0v) is 8.80. The van der Waals surface area contributed by atoms with E-state index in [1.54, 1.807) is 12.3 Å². The fraction of sp³-hybridized carbons (Fsp3) is 0.500. The number of anilines is 1. The Morgan fingerprint density at radius 1 is 1.50 bits per heavy atom. The van der Waals surface area contributed by atoms with Crippen LogP contribution in [0.2, 0.25) is 0 Å². The molecule has 86 valence electrons. The van der Waals surface area contributed by atoms with Crippen LogP contribution in [0.1, 0.15) is 12.8 Å². The molecule has 1 aliphatic rings. The molecule has 0 aromatic carbocycles. The van der Waals surface area contributed by atoms with Crippen molar-refractivity contribution in [1.82, 2.24) is 0 Å². The average Bonchev–Trinajstić information content (AvgIpc) is 2.30. The van der Waals surface area contributed by atoms with Gasteiger partial charge in [0.25, 0.3) is 0 Å². The summed E-state index contributed by atoms with van der Waals surface area (Å²) in [6.07, 6.45) is 2.70. The number of rotatable bonds is 2. The first-order chi connectivity index (χ1) is 7.68. The van der Waals surface area contributed by atoms with Gasteiger partial charge < -0.3 is 5.11 Å². The van der Waals surface area contributed by atoms with Gasteiger partial charge in [0.15, 0.2) is 0 Å². The van der Waals surface area contributed by atoms with Crippen molar-refractivity contribution >= 4 is 11.5 Å². The van der Waals surface area contributed by atoms with Crippen LogP contribution < -0.4 is 9.88 Å². The van der Waals surface area contributed by atoms with E-state index in [0.29, 0.717) is 31.7 Å². The number of H-pyrrole nitrogens is 1. The molecule has 2 N–H and O–H groups in total. The lowest BCUT2D eigenvalue weighted by molar-refractivity contribution is -0.411. The van der Waals surface area contributed by atoms with E-state index in [4.69, 9.17) is 0 Å². The van der Waals surface area contributed by atoms with Gasteiger partial charge in [-0.1, -0.05) is 0 Å². The van der Waals surface area contributed by atoms with Crippen molar-refractivity contribution < 1.29 is 15.0 Å². The van der Waals surface area contributed by atoms with Crippen LogP contribution in [0.3, 0.4) is 0 Å². The van der Waals surface area contributed by atoms with Gasteiger partial charge in [-0.2, -0.15) is 0 Å². The molecule has 2 heterocycles. The quantitative estimate of drug-likeness (QED) is 0.581. The summed E-state index contributed by atoms with van der Waals surface area (Å²) in [6, 6.07) is 3.09. The second kappa shape index (κ2) is 4.44. The summed E-state index contributed by atoms with van der Waals surface area (Å²) in [5.41, 5.74) is 0.0823. The number of hydrogen-bond donors (Lipinski definition) is 1. The second-order valence-corrected chi connectivity index (χ2v) is 3.88. The van der Waals surface area contributed by atoms with Crippen LogP contribution in [0.15, 0.2) is 18.3 Å². The Labute approximate surface area is 92.7 Å². The number of aromatic amines is 1. The molecule has 6 nitrogen and oxygen atoms in total. The summed E-state index contributed by atoms with van der Waals surface area (Å²) < 4.78 is 0. The molecule has 6 heteroatoms. The highest BCUT2D eigenvalue weighted by Crippen LogP contribution is 2.24. The third kappa shape index (κ3) is 2.11. The average molecular weight is 224 g/mol. The summed E-state index contributed by atoms with van der Waals surface area (Å²) >= 11 is 0. The zero-order valence-electron chi connectivity index (χ0n) is 8.80. The number of hydrogen-bond acceptors (Lipinski definition) is 4. The SMILES string of the molecule is O=[N+]([O-])c1ccc[nH+]c1N1CCC(O)CC1. The molecule has 0 atom stereocenters. The third-order valence-corrected chi connectivity index (χ3v) is 2.79. The lowest BCUT2D eigenvalue weighted by Crippen LogP contribution is -2.39. The molecule has 0 unspecified atom stereocenters. The van der Waals surface area contributed by atoms with E-state index >= 15 is 0 Å². The molecule has 1 fully saturated rings. The maximum absolute atomic E-state index is 10.8. The molecule has 0 spiro atoms. The summed E-state index contributed by atoms with van der Waals surface area (Å²) in [6.45, 7) is 1.28. The number of pyridine rings is 1. The number of piperidine rings is 1. The highest BCUT2D eigenvalue weighted by molar-refractivity contribution is 5.53. The summed E-state index contributed by atoms with van der Waals surface area (Å²) in [5.74, 6) is 0.527. The molecule has 0 saturated carbocycles. The van der Waals surface area contributed by atoms with E-state index in [2.05, 4.69) is 4.98 Å². The molecule has 0 aliphatic carbocycles. The van der Waals surface area contributed by atoms with E-state index in [1.807, 2.05) is 4.90 Å². The zero-order chi connectivity index (χ0) is 11.5. The van der Waals surface area contributed by atoms with Gasteiger partial charge in [-0.25, -0.2) is 4.98 Å². The Kier molecular flexibility index (Phi) is 3.00. The third-order valence-electron chi connectivity index (χ3n) is 2.79. The second-order valence-electron chi connectivity index (χ2n) is 3.88. The predicted molar refractivity (Wildman–Crippen MR) is 57.1 cm³/mol. The van der Waals surface area contributed by atoms with Crippen LogP contribution >= 0.6 is 0 Å². The number of aromatic nitrogens is 1. The Morgan fingerprint density at radius 3 is 2.81 bits per heavy atom. The summed E-state index contributed by atoms with van der Waals surface area (Å²) in [4.78, 5) is 15.3. The largest absolute Gasteiger partial charge is 0.393 e. The van der Waals surface area contributed by atoms with Crippen molar-refractivity contribution in [2.24, 2.45) is 0 Å². The van der Waals surface area contributed by atoms with Crippen LogP contribution in [-0.2, 0) is 0 Å². The summed E-state index contributed by atoms with van der Waals surface area (Å²) in [5, 5.41) is 20.2. The van der Waals surface area contributed by atoms with Crippen molar-refractivity contribution in [3.8, 4) is 0 Å². The van der Waals surface area contributed by atoms with Crippen molar-refractivity contribution in [3.63, 3.8) is 0 Å². The molecule has 16 heavy (non-hydrogen) atoms. The first-order valence-corrected chi connectivity index (χ1v) is 5.26. The highest BCUT2D eigenvalue weighted by Gasteiger charge is 2.30. The Balaban J connectivity index is 2.23. The first-order valence-electron chi connectivity index (χ1n) is 5.26. The van der Waals surface area contributed by atoms with Crippen molar-refractivity contribution in [2.45, 2.75) is 18.9 Å². The maximum atomic E-state index is 10.8. The van der Waals surface area contributed by atoms with Crippen LogP contribution in [-0.4, -0.2) is 29.2 Å². The lowest BCUT2D eigenvalue weighted by Gasteiger charge is -2.23. The van der Waals surface area contributed by atoms with Crippen molar-refractivity contribution in [3.05, 3.63) is 28.4 Å². The fourth-order valence-electron chi connectivity index (χ4n) is 1.91. The van der Waals surface area contributed by atoms with Gasteiger partial charge in [0.2, 0.25) is 0 Å². The molecule has 1 aromatic rings. The van der Waals surface area contributed by atoms with E-state index in [-0.39, 0.29) is 11.8 Å². The molecular formula is C10H14N3O3+. The standard InChI is InChI=1S/C10H13N3O3/c14-8-3-6-12(7-4-8)10-9(13(15)16)2-1-5-11-10/h1-2,5,8,14H,3-4,6-7H2/p+1. The first kappa shape index (κ1) is 10.8. The van der Waals surface area contributed by atoms with E-state index in [0.717, 1.165) is 0 Å². The number of nitrogens with zero attached hydrogens (tertiary/aromatic N) is 2. The van der Waals surface area contributed by atoms with Crippen molar-refractivity contribution in [1.29, 1.82) is 0 Å². The Morgan fingerprint density at radius 2 is 2.19 bits per heavy atom. The monoisotopic (exact) mass is 224 g/mol. The van der Waals surface area contributed by atoms with E-state index < -0.39 is 4.92 Å². The molecule has 1 aromatic heterocycles. The molecule has 0 amide bonds. The number of aliphatic hydroxyl groups is 1. The molecule has 2 rings (SSSR count). The number of aliphatic hydroxyl groups excluding tert-OH is 1. The Bertz CT molecular complexity index is 389. The topological polar surface area (TPSA) is 80.8 Å². The van der Waals surface area contributed by atoms with Crippen molar-refractivity contribution in [2.75, 3.05) is 18.0 Å². The van der Waals surface area contributed by atoms with Gasteiger partial charge in [-0.3, -0.25) is 15.0 Å².